The Morgan fingerprint density at radius 3 is 2.43 bits per heavy atom. The van der Waals surface area contributed by atoms with Gasteiger partial charge in [0, 0.05) is 18.2 Å². The van der Waals surface area contributed by atoms with Crippen molar-refractivity contribution in [3.05, 3.63) is 23.8 Å². The van der Waals surface area contributed by atoms with Crippen LogP contribution in [0, 0.1) is 5.92 Å². The molecule has 0 N–H and O–H groups in total. The molecule has 1 amide bonds. The van der Waals surface area contributed by atoms with Crippen molar-refractivity contribution < 1.29 is 14.1 Å². The molecule has 0 bridgehead atoms. The molecule has 4 nitrogen and oxygen atoms in total. The number of anilines is 1. The third-order valence-corrected chi connectivity index (χ3v) is 5.72. The maximum atomic E-state index is 12.4. The Kier molecular flexibility index (Phi) is 3.20. The Bertz CT molecular complexity index is 650. The first-order valence-electron chi connectivity index (χ1n) is 8.58. The lowest BCUT2D eigenvalue weighted by Crippen LogP contribution is -2.41. The zero-order valence-corrected chi connectivity index (χ0v) is 14.4. The summed E-state index contributed by atoms with van der Waals surface area (Å²) in [4.78, 5) is 14.3. The summed E-state index contributed by atoms with van der Waals surface area (Å²) < 4.78 is 12.3. The number of hydrogen-bond donors (Lipinski definition) is 0. The van der Waals surface area contributed by atoms with E-state index < -0.39 is 0 Å². The Morgan fingerprint density at radius 2 is 1.83 bits per heavy atom. The maximum absolute atomic E-state index is 12.4. The highest BCUT2D eigenvalue weighted by Crippen LogP contribution is 2.38. The van der Waals surface area contributed by atoms with E-state index in [1.54, 1.807) is 0 Å². The van der Waals surface area contributed by atoms with Gasteiger partial charge in [-0.25, -0.2) is 0 Å². The Labute approximate surface area is 138 Å². The van der Waals surface area contributed by atoms with Crippen LogP contribution in [0.2, 0.25) is 0 Å². The van der Waals surface area contributed by atoms with Crippen molar-refractivity contribution in [1.29, 1.82) is 0 Å². The lowest BCUT2D eigenvalue weighted by Gasteiger charge is -2.32. The fourth-order valence-corrected chi connectivity index (χ4v) is 3.33. The summed E-state index contributed by atoms with van der Waals surface area (Å²) in [6.45, 7) is 9.07. The number of rotatable bonds is 2. The van der Waals surface area contributed by atoms with E-state index >= 15 is 0 Å². The lowest BCUT2D eigenvalue weighted by molar-refractivity contribution is -0.119. The molecule has 1 aliphatic carbocycles. The summed E-state index contributed by atoms with van der Waals surface area (Å²) in [7, 11) is -0.335. The highest BCUT2D eigenvalue weighted by molar-refractivity contribution is 6.62. The van der Waals surface area contributed by atoms with Gasteiger partial charge in [-0.15, -0.1) is 0 Å². The van der Waals surface area contributed by atoms with Crippen molar-refractivity contribution in [2.24, 2.45) is 5.92 Å². The molecule has 1 aromatic rings. The van der Waals surface area contributed by atoms with Crippen molar-refractivity contribution in [2.75, 3.05) is 11.4 Å². The average molecular weight is 313 g/mol. The second-order valence-corrected chi connectivity index (χ2v) is 7.99. The van der Waals surface area contributed by atoms with Crippen LogP contribution in [0.1, 0.15) is 46.1 Å². The number of carbonyl (C=O) groups excluding carboxylic acids is 1. The van der Waals surface area contributed by atoms with Gasteiger partial charge >= 0.3 is 7.12 Å². The second kappa shape index (κ2) is 4.84. The number of hydrogen-bond acceptors (Lipinski definition) is 3. The third-order valence-electron chi connectivity index (χ3n) is 5.72. The lowest BCUT2D eigenvalue weighted by atomic mass is 9.78. The molecule has 122 valence electrons. The predicted octanol–water partition coefficient (Wildman–Crippen LogP) is 2.28. The third kappa shape index (κ3) is 2.41. The SMILES string of the molecule is CC1(C)OB(c2ccc3c(c2)CCN3C(=O)C2CC2)OC1(C)C. The van der Waals surface area contributed by atoms with Gasteiger partial charge in [0.1, 0.15) is 0 Å². The fraction of sp³-hybridized carbons (Fsp3) is 0.611. The molecule has 1 saturated heterocycles. The number of nitrogens with zero attached hydrogens (tertiary/aromatic N) is 1. The quantitative estimate of drug-likeness (QED) is 0.786. The smallest absolute Gasteiger partial charge is 0.399 e. The highest BCUT2D eigenvalue weighted by atomic mass is 16.7. The molecule has 3 aliphatic rings. The molecule has 0 aromatic heterocycles. The van der Waals surface area contributed by atoms with E-state index in [-0.39, 0.29) is 24.2 Å². The van der Waals surface area contributed by atoms with Gasteiger partial charge in [0.25, 0.3) is 0 Å². The molecule has 1 saturated carbocycles. The van der Waals surface area contributed by atoms with Crippen LogP contribution in [0.4, 0.5) is 5.69 Å². The summed E-state index contributed by atoms with van der Waals surface area (Å²) in [5.74, 6) is 0.566. The van der Waals surface area contributed by atoms with E-state index in [1.807, 2.05) is 11.0 Å². The molecule has 5 heteroatoms. The molecule has 0 radical (unpaired) electrons. The maximum Gasteiger partial charge on any atom is 0.494 e. The minimum absolute atomic E-state index is 0.267. The van der Waals surface area contributed by atoms with E-state index in [0.29, 0.717) is 5.91 Å². The van der Waals surface area contributed by atoms with E-state index in [2.05, 4.69) is 39.8 Å². The number of benzene rings is 1. The monoisotopic (exact) mass is 313 g/mol. The van der Waals surface area contributed by atoms with E-state index in [4.69, 9.17) is 9.31 Å². The molecule has 2 fully saturated rings. The van der Waals surface area contributed by atoms with Crippen LogP contribution >= 0.6 is 0 Å². The van der Waals surface area contributed by atoms with Crippen LogP contribution in [0.25, 0.3) is 0 Å². The molecule has 4 rings (SSSR count). The van der Waals surface area contributed by atoms with Gasteiger partial charge < -0.3 is 14.2 Å². The topological polar surface area (TPSA) is 38.8 Å². The van der Waals surface area contributed by atoms with Gasteiger partial charge in [0.05, 0.1) is 11.2 Å². The summed E-state index contributed by atoms with van der Waals surface area (Å²) in [5.41, 5.74) is 2.69. The zero-order chi connectivity index (χ0) is 16.4. The van der Waals surface area contributed by atoms with E-state index in [9.17, 15) is 4.79 Å². The first-order valence-corrected chi connectivity index (χ1v) is 8.58. The van der Waals surface area contributed by atoms with E-state index in [0.717, 1.165) is 37.0 Å². The van der Waals surface area contributed by atoms with Gasteiger partial charge in [0.15, 0.2) is 0 Å². The number of amides is 1. The van der Waals surface area contributed by atoms with E-state index in [1.165, 1.54) is 5.56 Å². The number of fused-ring (bicyclic) bond motifs is 1. The minimum Gasteiger partial charge on any atom is -0.399 e. The van der Waals surface area contributed by atoms with Gasteiger partial charge in [0.2, 0.25) is 5.91 Å². The van der Waals surface area contributed by atoms with Crippen LogP contribution in [-0.4, -0.2) is 30.8 Å². The molecular weight excluding hydrogens is 289 g/mol. The van der Waals surface area contributed by atoms with Gasteiger partial charge in [-0.3, -0.25) is 4.79 Å². The molecule has 0 unspecified atom stereocenters. The Balaban J connectivity index is 1.58. The summed E-state index contributed by atoms with van der Waals surface area (Å²) in [5, 5.41) is 0. The summed E-state index contributed by atoms with van der Waals surface area (Å²) in [6.07, 6.45) is 3.02. The zero-order valence-electron chi connectivity index (χ0n) is 14.4. The van der Waals surface area contributed by atoms with Crippen molar-refractivity contribution >= 4 is 24.2 Å². The largest absolute Gasteiger partial charge is 0.494 e. The Hall–Kier alpha value is -1.33. The molecule has 2 aliphatic heterocycles. The summed E-state index contributed by atoms with van der Waals surface area (Å²) >= 11 is 0. The molecule has 0 spiro atoms. The molecule has 2 heterocycles. The molecule has 23 heavy (non-hydrogen) atoms. The first-order chi connectivity index (χ1) is 10.8. The first kappa shape index (κ1) is 15.2. The Morgan fingerprint density at radius 1 is 1.17 bits per heavy atom. The molecular formula is C18H24BNO3. The van der Waals surface area contributed by atoms with Crippen LogP contribution in [0.3, 0.4) is 0 Å². The average Bonchev–Trinajstić information content (AvgIpc) is 3.19. The van der Waals surface area contributed by atoms with Gasteiger partial charge in [-0.2, -0.15) is 0 Å². The standard InChI is InChI=1S/C18H24BNO3/c1-17(2)18(3,4)23-19(22-17)14-7-8-15-13(11-14)9-10-20(15)16(21)12-5-6-12/h7-8,11-12H,5-6,9-10H2,1-4H3. The second-order valence-electron chi connectivity index (χ2n) is 7.99. The normalized spacial score (nSPS) is 24.9. The van der Waals surface area contributed by atoms with Crippen molar-refractivity contribution in [3.8, 4) is 0 Å². The number of carbonyl (C=O) groups is 1. The fourth-order valence-electron chi connectivity index (χ4n) is 3.33. The molecule has 1 aromatic carbocycles. The summed E-state index contributed by atoms with van der Waals surface area (Å²) in [6, 6.07) is 6.25. The highest BCUT2D eigenvalue weighted by Gasteiger charge is 2.51. The van der Waals surface area contributed by atoms with Crippen molar-refractivity contribution in [3.63, 3.8) is 0 Å². The van der Waals surface area contributed by atoms with Gasteiger partial charge in [-0.1, -0.05) is 12.1 Å². The predicted molar refractivity (Wildman–Crippen MR) is 90.9 cm³/mol. The van der Waals surface area contributed by atoms with Crippen LogP contribution < -0.4 is 10.4 Å². The molecule has 0 atom stereocenters. The van der Waals surface area contributed by atoms with Crippen LogP contribution in [0.15, 0.2) is 18.2 Å². The minimum atomic E-state index is -0.335. The van der Waals surface area contributed by atoms with Crippen LogP contribution in [0.5, 0.6) is 0 Å². The van der Waals surface area contributed by atoms with Crippen molar-refractivity contribution in [1.82, 2.24) is 0 Å². The van der Waals surface area contributed by atoms with Crippen LogP contribution in [-0.2, 0) is 20.5 Å². The van der Waals surface area contributed by atoms with Gasteiger partial charge in [-0.05, 0) is 64.1 Å². The van der Waals surface area contributed by atoms with Crippen molar-refractivity contribution in [2.45, 2.75) is 58.2 Å².